The normalized spacial score (nSPS) is 52.2. The van der Waals surface area contributed by atoms with Gasteiger partial charge in [0.25, 0.3) is 0 Å². The van der Waals surface area contributed by atoms with E-state index in [1.165, 1.54) is 25.7 Å². The lowest BCUT2D eigenvalue weighted by Gasteiger charge is -2.51. The summed E-state index contributed by atoms with van der Waals surface area (Å²) in [5, 5.41) is 3.63. The Balaban J connectivity index is 1.58. The van der Waals surface area contributed by atoms with Crippen LogP contribution in [0.3, 0.4) is 0 Å². The molecule has 4 aliphatic rings. The summed E-state index contributed by atoms with van der Waals surface area (Å²) in [7, 11) is 0. The Morgan fingerprint density at radius 2 is 1.65 bits per heavy atom. The van der Waals surface area contributed by atoms with Gasteiger partial charge in [-0.2, -0.15) is 0 Å². The smallest absolute Gasteiger partial charge is 0.0289 e. The second kappa shape index (κ2) is 4.03. The maximum Gasteiger partial charge on any atom is 0.0289 e. The molecule has 1 nitrogen and oxygen atoms in total. The van der Waals surface area contributed by atoms with Gasteiger partial charge >= 0.3 is 0 Å². The van der Waals surface area contributed by atoms with Crippen molar-refractivity contribution in [3.8, 4) is 0 Å². The van der Waals surface area contributed by atoms with Crippen LogP contribution in [0.25, 0.3) is 0 Å². The summed E-state index contributed by atoms with van der Waals surface area (Å²) in [6, 6.07) is 0.819. The molecule has 1 unspecified atom stereocenters. The zero-order valence-electron chi connectivity index (χ0n) is 10.8. The van der Waals surface area contributed by atoms with Gasteiger partial charge in [0, 0.05) is 6.04 Å². The number of fused-ring (bicyclic) bond motifs is 5. The lowest BCUT2D eigenvalue weighted by atomic mass is 9.57. The summed E-state index contributed by atoms with van der Waals surface area (Å²) in [5.41, 5.74) is 0. The predicted molar refractivity (Wildman–Crippen MR) is 70.4 cm³/mol. The van der Waals surface area contributed by atoms with Crippen LogP contribution in [0, 0.1) is 29.6 Å². The first-order valence-electron chi connectivity index (χ1n) is 7.84. The van der Waals surface area contributed by atoms with Crippen LogP contribution >= 0.6 is 0 Å². The van der Waals surface area contributed by atoms with Crippen LogP contribution in [0.1, 0.15) is 51.4 Å². The van der Waals surface area contributed by atoms with Crippen molar-refractivity contribution in [1.82, 2.24) is 5.32 Å². The summed E-state index contributed by atoms with van der Waals surface area (Å²) in [5.74, 6) is 5.39. The van der Waals surface area contributed by atoms with E-state index in [0.29, 0.717) is 0 Å². The third-order valence-electron chi connectivity index (χ3n) is 6.40. The molecule has 17 heavy (non-hydrogen) atoms. The fourth-order valence-corrected chi connectivity index (χ4v) is 5.73. The van der Waals surface area contributed by atoms with E-state index >= 15 is 0 Å². The maximum absolute atomic E-state index is 3.63. The first-order chi connectivity index (χ1) is 8.43. The molecule has 3 aliphatic carbocycles. The molecule has 0 amide bonds. The number of hydrogen-bond donors (Lipinski definition) is 1. The molecule has 4 rings (SSSR count). The highest BCUT2D eigenvalue weighted by molar-refractivity contribution is 5.05. The second-order valence-electron chi connectivity index (χ2n) is 6.91. The molecule has 0 saturated heterocycles. The van der Waals surface area contributed by atoms with Crippen molar-refractivity contribution in [2.45, 2.75) is 57.4 Å². The van der Waals surface area contributed by atoms with E-state index in [1.54, 1.807) is 25.7 Å². The molecule has 6 atom stereocenters. The SMILES string of the molecule is C1=CNC2CC[C@H]3[C@@H]4CCC[C@H]4CC[C@@H]3[C@H]2C1. The highest BCUT2D eigenvalue weighted by Crippen LogP contribution is 2.55. The molecule has 0 spiro atoms. The van der Waals surface area contributed by atoms with Crippen molar-refractivity contribution in [3.05, 3.63) is 12.3 Å². The van der Waals surface area contributed by atoms with Crippen LogP contribution in [-0.2, 0) is 0 Å². The fraction of sp³-hybridized carbons (Fsp3) is 0.875. The highest BCUT2D eigenvalue weighted by atomic mass is 14.9. The van der Waals surface area contributed by atoms with Gasteiger partial charge in [-0.1, -0.05) is 18.9 Å². The zero-order chi connectivity index (χ0) is 11.2. The molecular weight excluding hydrogens is 206 g/mol. The third-order valence-corrected chi connectivity index (χ3v) is 6.40. The Labute approximate surface area is 105 Å². The first-order valence-corrected chi connectivity index (χ1v) is 7.84. The topological polar surface area (TPSA) is 12.0 Å². The lowest BCUT2D eigenvalue weighted by molar-refractivity contribution is 0.0135. The largest absolute Gasteiger partial charge is 0.388 e. The van der Waals surface area contributed by atoms with Crippen molar-refractivity contribution in [2.75, 3.05) is 0 Å². The second-order valence-corrected chi connectivity index (χ2v) is 6.91. The van der Waals surface area contributed by atoms with Gasteiger partial charge in [0.1, 0.15) is 0 Å². The molecule has 0 bridgehead atoms. The van der Waals surface area contributed by atoms with Crippen molar-refractivity contribution >= 4 is 0 Å². The Bertz CT molecular complexity index is 321. The van der Waals surface area contributed by atoms with Gasteiger partial charge in [-0.15, -0.1) is 0 Å². The van der Waals surface area contributed by atoms with Gasteiger partial charge in [0.15, 0.2) is 0 Å². The molecule has 1 N–H and O–H groups in total. The number of nitrogens with one attached hydrogen (secondary N) is 1. The van der Waals surface area contributed by atoms with E-state index in [0.717, 1.165) is 35.6 Å². The van der Waals surface area contributed by atoms with Gasteiger partial charge in [0.2, 0.25) is 0 Å². The van der Waals surface area contributed by atoms with Crippen LogP contribution in [0.4, 0.5) is 0 Å². The summed E-state index contributed by atoms with van der Waals surface area (Å²) < 4.78 is 0. The minimum absolute atomic E-state index is 0.819. The third kappa shape index (κ3) is 1.57. The molecular formula is C16H25N. The molecule has 0 aromatic carbocycles. The minimum atomic E-state index is 0.819. The van der Waals surface area contributed by atoms with Crippen LogP contribution in [0.2, 0.25) is 0 Å². The highest BCUT2D eigenvalue weighted by Gasteiger charge is 2.48. The number of hydrogen-bond acceptors (Lipinski definition) is 1. The van der Waals surface area contributed by atoms with Crippen LogP contribution in [0.5, 0.6) is 0 Å². The van der Waals surface area contributed by atoms with Crippen molar-refractivity contribution in [3.63, 3.8) is 0 Å². The molecule has 3 fully saturated rings. The molecule has 1 heteroatoms. The van der Waals surface area contributed by atoms with Crippen molar-refractivity contribution < 1.29 is 0 Å². The monoisotopic (exact) mass is 231 g/mol. The molecule has 0 radical (unpaired) electrons. The Morgan fingerprint density at radius 3 is 2.65 bits per heavy atom. The number of allylic oxidation sites excluding steroid dienone is 1. The summed E-state index contributed by atoms with van der Waals surface area (Å²) in [6.45, 7) is 0. The predicted octanol–water partition coefficient (Wildman–Crippen LogP) is 3.71. The van der Waals surface area contributed by atoms with Gasteiger partial charge in [-0.3, -0.25) is 0 Å². The molecule has 1 aliphatic heterocycles. The van der Waals surface area contributed by atoms with E-state index in [4.69, 9.17) is 0 Å². The summed E-state index contributed by atoms with van der Waals surface area (Å²) in [6.07, 6.45) is 16.7. The van der Waals surface area contributed by atoms with E-state index in [9.17, 15) is 0 Å². The van der Waals surface area contributed by atoms with Crippen LogP contribution in [0.15, 0.2) is 12.3 Å². The average molecular weight is 231 g/mol. The van der Waals surface area contributed by atoms with Crippen molar-refractivity contribution in [1.29, 1.82) is 0 Å². The first kappa shape index (κ1) is 10.5. The van der Waals surface area contributed by atoms with E-state index in [2.05, 4.69) is 17.6 Å². The van der Waals surface area contributed by atoms with E-state index in [-0.39, 0.29) is 0 Å². The fourth-order valence-electron chi connectivity index (χ4n) is 5.73. The Hall–Kier alpha value is -0.460. The number of rotatable bonds is 0. The zero-order valence-corrected chi connectivity index (χ0v) is 10.8. The molecule has 3 saturated carbocycles. The molecule has 1 heterocycles. The summed E-state index contributed by atoms with van der Waals surface area (Å²) in [4.78, 5) is 0. The standard InChI is InChI=1S/C16H25N/c1-3-11-6-7-14-13(12(11)4-1)8-9-16-15(14)5-2-10-17-16/h2,10-17H,1,3-9H2/t11-,12+,13-,14-,15+,16?/m0/s1. The molecule has 94 valence electrons. The van der Waals surface area contributed by atoms with Gasteiger partial charge in [-0.25, -0.2) is 0 Å². The minimum Gasteiger partial charge on any atom is -0.388 e. The van der Waals surface area contributed by atoms with E-state index < -0.39 is 0 Å². The quantitative estimate of drug-likeness (QED) is 0.670. The lowest BCUT2D eigenvalue weighted by Crippen LogP contribution is -2.49. The average Bonchev–Trinajstić information content (AvgIpc) is 2.86. The molecule has 0 aromatic heterocycles. The van der Waals surface area contributed by atoms with E-state index in [1.807, 2.05) is 0 Å². The Kier molecular flexibility index (Phi) is 2.48. The maximum atomic E-state index is 3.63. The van der Waals surface area contributed by atoms with Crippen molar-refractivity contribution in [2.24, 2.45) is 29.6 Å². The summed E-state index contributed by atoms with van der Waals surface area (Å²) >= 11 is 0. The van der Waals surface area contributed by atoms with Gasteiger partial charge < -0.3 is 5.32 Å². The van der Waals surface area contributed by atoms with Crippen LogP contribution < -0.4 is 5.32 Å². The van der Waals surface area contributed by atoms with Crippen LogP contribution in [-0.4, -0.2) is 6.04 Å². The molecule has 0 aromatic rings. The van der Waals surface area contributed by atoms with Gasteiger partial charge in [0.05, 0.1) is 0 Å². The van der Waals surface area contributed by atoms with Gasteiger partial charge in [-0.05, 0) is 74.3 Å². The Morgan fingerprint density at radius 1 is 0.765 bits per heavy atom.